The molecule has 0 spiro atoms. The molecule has 3 aromatic rings. The first kappa shape index (κ1) is 33.6. The number of carboxylic acids is 1. The van der Waals surface area contributed by atoms with E-state index in [2.05, 4.69) is 45.9 Å². The van der Waals surface area contributed by atoms with Crippen LogP contribution in [0.3, 0.4) is 0 Å². The predicted molar refractivity (Wildman–Crippen MR) is 176 cm³/mol. The summed E-state index contributed by atoms with van der Waals surface area (Å²) < 4.78 is 5.97. The van der Waals surface area contributed by atoms with Crippen molar-refractivity contribution in [2.45, 2.75) is 136 Å². The van der Waals surface area contributed by atoms with Gasteiger partial charge in [0.05, 0.1) is 12.3 Å². The standard InChI is InChI=1S/C38H54O4/c1-5-6-7-8-9-10-11-12-13-14-15-16-17-18-22-30(37(40)41)28-35(39)42-36-33-23-20-19-21-29(33)26-31-27-32(38(2,3)4)24-25-34(31)36/h19-21,23-27,30H,5-18,22,28H2,1-4H3,(H,40,41). The molecule has 3 aromatic carbocycles. The van der Waals surface area contributed by atoms with Gasteiger partial charge in [0, 0.05) is 10.8 Å². The average molecular weight is 575 g/mol. The van der Waals surface area contributed by atoms with Crippen LogP contribution in [0.5, 0.6) is 5.75 Å². The number of rotatable bonds is 19. The van der Waals surface area contributed by atoms with E-state index in [9.17, 15) is 14.7 Å². The van der Waals surface area contributed by atoms with Crippen molar-refractivity contribution in [2.24, 2.45) is 5.92 Å². The van der Waals surface area contributed by atoms with Crippen LogP contribution >= 0.6 is 0 Å². The van der Waals surface area contributed by atoms with Gasteiger partial charge in [0.2, 0.25) is 0 Å². The summed E-state index contributed by atoms with van der Waals surface area (Å²) in [6.07, 6.45) is 18.1. The van der Waals surface area contributed by atoms with Gasteiger partial charge in [0.15, 0.2) is 0 Å². The van der Waals surface area contributed by atoms with Crippen LogP contribution in [-0.4, -0.2) is 17.0 Å². The molecule has 4 heteroatoms. The quantitative estimate of drug-likeness (QED) is 0.0669. The molecule has 4 nitrogen and oxygen atoms in total. The highest BCUT2D eigenvalue weighted by molar-refractivity contribution is 6.06. The Balaban J connectivity index is 1.47. The zero-order chi connectivity index (χ0) is 30.4. The molecule has 0 amide bonds. The molecule has 0 heterocycles. The van der Waals surface area contributed by atoms with Crippen LogP contribution in [0.4, 0.5) is 0 Å². The summed E-state index contributed by atoms with van der Waals surface area (Å²) in [5.74, 6) is -1.60. The van der Waals surface area contributed by atoms with Gasteiger partial charge in [-0.05, 0) is 34.2 Å². The molecule has 0 aliphatic heterocycles. The van der Waals surface area contributed by atoms with Crippen molar-refractivity contribution in [2.75, 3.05) is 0 Å². The molecule has 0 fully saturated rings. The third-order valence-corrected chi connectivity index (χ3v) is 8.56. The molecule has 0 aliphatic rings. The number of unbranched alkanes of at least 4 members (excludes halogenated alkanes) is 13. The molecule has 230 valence electrons. The van der Waals surface area contributed by atoms with E-state index in [-0.39, 0.29) is 11.8 Å². The van der Waals surface area contributed by atoms with Crippen molar-refractivity contribution in [1.29, 1.82) is 0 Å². The van der Waals surface area contributed by atoms with Crippen LogP contribution in [0.1, 0.15) is 136 Å². The SMILES string of the molecule is CCCCCCCCCCCCCCCCC(CC(=O)Oc1c2ccccc2cc2cc(C(C)(C)C)ccc12)C(=O)O. The van der Waals surface area contributed by atoms with E-state index in [0.717, 1.165) is 40.8 Å². The number of aliphatic carboxylic acids is 1. The molecule has 0 saturated carbocycles. The van der Waals surface area contributed by atoms with Crippen molar-refractivity contribution in [3.63, 3.8) is 0 Å². The Morgan fingerprint density at radius 3 is 1.83 bits per heavy atom. The van der Waals surface area contributed by atoms with Gasteiger partial charge in [-0.1, -0.05) is 160 Å². The van der Waals surface area contributed by atoms with E-state index >= 15 is 0 Å². The van der Waals surface area contributed by atoms with Gasteiger partial charge in [-0.2, -0.15) is 0 Å². The highest BCUT2D eigenvalue weighted by Crippen LogP contribution is 2.37. The summed E-state index contributed by atoms with van der Waals surface area (Å²) in [6.45, 7) is 8.80. The van der Waals surface area contributed by atoms with Gasteiger partial charge in [-0.25, -0.2) is 0 Å². The lowest BCUT2D eigenvalue weighted by atomic mass is 9.85. The van der Waals surface area contributed by atoms with E-state index in [1.165, 1.54) is 76.2 Å². The number of carbonyl (C=O) groups is 2. The van der Waals surface area contributed by atoms with E-state index in [0.29, 0.717) is 12.2 Å². The molecular formula is C38H54O4. The minimum atomic E-state index is -0.917. The summed E-state index contributed by atoms with van der Waals surface area (Å²) in [5, 5.41) is 13.6. The Labute approximate surface area is 254 Å². The second kappa shape index (κ2) is 17.3. The summed E-state index contributed by atoms with van der Waals surface area (Å²) in [7, 11) is 0. The number of esters is 1. The number of hydrogen-bond donors (Lipinski definition) is 1. The molecule has 0 aliphatic carbocycles. The fraction of sp³-hybridized carbons (Fsp3) is 0.579. The Hall–Kier alpha value is -2.88. The van der Waals surface area contributed by atoms with Crippen molar-refractivity contribution in [1.82, 2.24) is 0 Å². The van der Waals surface area contributed by atoms with E-state index in [1.54, 1.807) is 0 Å². The molecule has 42 heavy (non-hydrogen) atoms. The van der Waals surface area contributed by atoms with E-state index in [1.807, 2.05) is 30.3 Å². The van der Waals surface area contributed by atoms with Crippen molar-refractivity contribution in [3.8, 4) is 5.75 Å². The Morgan fingerprint density at radius 2 is 1.26 bits per heavy atom. The van der Waals surface area contributed by atoms with Gasteiger partial charge in [-0.15, -0.1) is 0 Å². The van der Waals surface area contributed by atoms with Crippen LogP contribution < -0.4 is 4.74 Å². The molecule has 1 atom stereocenters. The highest BCUT2D eigenvalue weighted by Gasteiger charge is 2.24. The number of hydrogen-bond acceptors (Lipinski definition) is 3. The Kier molecular flexibility index (Phi) is 13.8. The normalized spacial score (nSPS) is 12.6. The molecule has 0 aromatic heterocycles. The number of ether oxygens (including phenoxy) is 1. The summed E-state index contributed by atoms with van der Waals surface area (Å²) >= 11 is 0. The van der Waals surface area contributed by atoms with Crippen molar-refractivity contribution < 1.29 is 19.4 Å². The zero-order valence-corrected chi connectivity index (χ0v) is 26.7. The van der Waals surface area contributed by atoms with Crippen molar-refractivity contribution in [3.05, 3.63) is 54.1 Å². The van der Waals surface area contributed by atoms with E-state index in [4.69, 9.17) is 4.74 Å². The Bertz CT molecular complexity index is 1270. The zero-order valence-electron chi connectivity index (χ0n) is 26.7. The largest absolute Gasteiger partial charge is 0.481 e. The summed E-state index contributed by atoms with van der Waals surface area (Å²) in [5.41, 5.74) is 1.21. The minimum absolute atomic E-state index is 0.00137. The smallest absolute Gasteiger partial charge is 0.312 e. The molecule has 1 unspecified atom stereocenters. The van der Waals surface area contributed by atoms with Crippen LogP contribution in [0, 0.1) is 5.92 Å². The average Bonchev–Trinajstić information content (AvgIpc) is 2.95. The lowest BCUT2D eigenvalue weighted by Gasteiger charge is -2.20. The third-order valence-electron chi connectivity index (χ3n) is 8.56. The lowest BCUT2D eigenvalue weighted by Crippen LogP contribution is -2.21. The first-order chi connectivity index (χ1) is 20.2. The monoisotopic (exact) mass is 574 g/mol. The Morgan fingerprint density at radius 1 is 0.714 bits per heavy atom. The molecule has 1 N–H and O–H groups in total. The number of carbonyl (C=O) groups excluding carboxylic acids is 1. The van der Waals surface area contributed by atoms with Gasteiger partial charge in [-0.3, -0.25) is 9.59 Å². The highest BCUT2D eigenvalue weighted by atomic mass is 16.5. The van der Waals surface area contributed by atoms with Crippen molar-refractivity contribution >= 4 is 33.5 Å². The maximum absolute atomic E-state index is 13.1. The fourth-order valence-corrected chi connectivity index (χ4v) is 5.86. The molecule has 0 radical (unpaired) electrons. The lowest BCUT2D eigenvalue weighted by molar-refractivity contribution is -0.147. The minimum Gasteiger partial charge on any atom is -0.481 e. The number of benzene rings is 3. The molecule has 3 rings (SSSR count). The van der Waals surface area contributed by atoms with Crippen LogP contribution in [-0.2, 0) is 15.0 Å². The van der Waals surface area contributed by atoms with Gasteiger partial charge < -0.3 is 9.84 Å². The number of fused-ring (bicyclic) bond motifs is 2. The van der Waals surface area contributed by atoms with Gasteiger partial charge in [0.25, 0.3) is 0 Å². The molecule has 0 bridgehead atoms. The predicted octanol–water partition coefficient (Wildman–Crippen LogP) is 11.2. The second-order valence-corrected chi connectivity index (χ2v) is 13.2. The first-order valence-electron chi connectivity index (χ1n) is 16.6. The topological polar surface area (TPSA) is 63.6 Å². The van der Waals surface area contributed by atoms with Gasteiger partial charge >= 0.3 is 11.9 Å². The first-order valence-corrected chi connectivity index (χ1v) is 16.6. The van der Waals surface area contributed by atoms with Crippen LogP contribution in [0.25, 0.3) is 21.5 Å². The van der Waals surface area contributed by atoms with Crippen LogP contribution in [0.15, 0.2) is 48.5 Å². The molecule has 0 saturated heterocycles. The maximum Gasteiger partial charge on any atom is 0.312 e. The summed E-state index contributed by atoms with van der Waals surface area (Å²) in [4.78, 5) is 25.1. The summed E-state index contributed by atoms with van der Waals surface area (Å²) in [6, 6.07) is 16.3. The van der Waals surface area contributed by atoms with E-state index < -0.39 is 17.9 Å². The van der Waals surface area contributed by atoms with Crippen LogP contribution in [0.2, 0.25) is 0 Å². The fourth-order valence-electron chi connectivity index (χ4n) is 5.86. The number of carboxylic acid groups (broad SMARTS) is 1. The van der Waals surface area contributed by atoms with Gasteiger partial charge in [0.1, 0.15) is 5.75 Å². The third kappa shape index (κ3) is 10.7. The maximum atomic E-state index is 13.1. The molecular weight excluding hydrogens is 520 g/mol. The second-order valence-electron chi connectivity index (χ2n) is 13.2.